The molecule has 2 aromatic rings. The van der Waals surface area contributed by atoms with E-state index in [0.717, 1.165) is 5.56 Å². The van der Waals surface area contributed by atoms with E-state index in [1.807, 2.05) is 18.2 Å². The van der Waals surface area contributed by atoms with Gasteiger partial charge in [-0.3, -0.25) is 4.79 Å². The number of hydrogen-bond donors (Lipinski definition) is 0. The third-order valence-corrected chi connectivity index (χ3v) is 2.89. The summed E-state index contributed by atoms with van der Waals surface area (Å²) in [6, 6.07) is 10.7. The molecular weight excluding hydrogens is 262 g/mol. The fourth-order valence-corrected chi connectivity index (χ4v) is 1.72. The number of carbonyl (C=O) groups excluding carboxylic acids is 1. The minimum atomic E-state index is -0.130. The summed E-state index contributed by atoms with van der Waals surface area (Å²) in [4.78, 5) is 15.9. The number of rotatable bonds is 4. The highest BCUT2D eigenvalue weighted by molar-refractivity contribution is 6.32. The Kier molecular flexibility index (Phi) is 4.31. The lowest BCUT2D eigenvalue weighted by molar-refractivity contribution is 0.104. The van der Waals surface area contributed by atoms with E-state index >= 15 is 0 Å². The third-order valence-electron chi connectivity index (χ3n) is 2.55. The summed E-state index contributed by atoms with van der Waals surface area (Å²) < 4.78 is 4.94. The fraction of sp³-hybridized carbons (Fsp3) is 0.0667. The normalized spacial score (nSPS) is 10.6. The molecule has 1 heterocycles. The zero-order valence-electron chi connectivity index (χ0n) is 10.3. The molecule has 0 fully saturated rings. The van der Waals surface area contributed by atoms with Crippen LogP contribution in [0.25, 0.3) is 6.08 Å². The molecule has 96 valence electrons. The second-order valence-corrected chi connectivity index (χ2v) is 4.22. The Morgan fingerprint density at radius 3 is 2.68 bits per heavy atom. The van der Waals surface area contributed by atoms with Crippen LogP contribution < -0.4 is 4.74 Å². The van der Waals surface area contributed by atoms with Gasteiger partial charge in [-0.25, -0.2) is 4.98 Å². The third kappa shape index (κ3) is 3.42. The molecule has 0 spiro atoms. The van der Waals surface area contributed by atoms with Crippen molar-refractivity contribution in [3.8, 4) is 5.88 Å². The monoisotopic (exact) mass is 273 g/mol. The van der Waals surface area contributed by atoms with Gasteiger partial charge < -0.3 is 4.74 Å². The van der Waals surface area contributed by atoms with Crippen molar-refractivity contribution in [2.24, 2.45) is 0 Å². The largest absolute Gasteiger partial charge is 0.481 e. The number of carbonyl (C=O) groups is 1. The molecule has 2 rings (SSSR count). The molecule has 0 saturated heterocycles. The standard InChI is InChI=1S/C15H12ClNO2/c1-19-15-9-7-12(10-17-15)14(18)8-6-11-4-2-3-5-13(11)16/h2-10H,1H3/b8-6+. The second-order valence-electron chi connectivity index (χ2n) is 3.81. The van der Waals surface area contributed by atoms with Crippen molar-refractivity contribution in [1.82, 2.24) is 4.98 Å². The Balaban J connectivity index is 2.14. The summed E-state index contributed by atoms with van der Waals surface area (Å²) in [5.74, 6) is 0.349. The second kappa shape index (κ2) is 6.16. The van der Waals surface area contributed by atoms with Crippen molar-refractivity contribution in [1.29, 1.82) is 0 Å². The lowest BCUT2D eigenvalue weighted by Gasteiger charge is -1.99. The molecule has 4 heteroatoms. The Bertz CT molecular complexity index is 606. The van der Waals surface area contributed by atoms with Gasteiger partial charge in [-0.1, -0.05) is 29.8 Å². The van der Waals surface area contributed by atoms with Gasteiger partial charge in [0.05, 0.1) is 7.11 Å². The van der Waals surface area contributed by atoms with Crippen LogP contribution in [-0.2, 0) is 0 Å². The first kappa shape index (κ1) is 13.3. The summed E-state index contributed by atoms with van der Waals surface area (Å²) in [6.45, 7) is 0. The summed E-state index contributed by atoms with van der Waals surface area (Å²) in [7, 11) is 1.53. The van der Waals surface area contributed by atoms with Crippen LogP contribution in [0.5, 0.6) is 5.88 Å². The first-order valence-corrected chi connectivity index (χ1v) is 6.05. The van der Waals surface area contributed by atoms with E-state index in [4.69, 9.17) is 16.3 Å². The molecular formula is C15H12ClNO2. The molecule has 0 saturated carbocycles. The molecule has 19 heavy (non-hydrogen) atoms. The van der Waals surface area contributed by atoms with Crippen LogP contribution in [-0.4, -0.2) is 17.9 Å². The smallest absolute Gasteiger partial charge is 0.212 e. The SMILES string of the molecule is COc1ccc(C(=O)/C=C/c2ccccc2Cl)cn1. The predicted molar refractivity (Wildman–Crippen MR) is 75.6 cm³/mol. The van der Waals surface area contributed by atoms with Crippen LogP contribution in [0.1, 0.15) is 15.9 Å². The Morgan fingerprint density at radius 1 is 1.26 bits per heavy atom. The maximum atomic E-state index is 11.9. The van der Waals surface area contributed by atoms with Crippen molar-refractivity contribution < 1.29 is 9.53 Å². The van der Waals surface area contributed by atoms with E-state index in [0.29, 0.717) is 16.5 Å². The van der Waals surface area contributed by atoms with Crippen LogP contribution >= 0.6 is 11.6 Å². The van der Waals surface area contributed by atoms with Crippen LogP contribution in [0.4, 0.5) is 0 Å². The lowest BCUT2D eigenvalue weighted by Crippen LogP contribution is -1.96. The molecule has 0 atom stereocenters. The average molecular weight is 274 g/mol. The van der Waals surface area contributed by atoms with Crippen molar-refractivity contribution in [3.63, 3.8) is 0 Å². The van der Waals surface area contributed by atoms with Gasteiger partial charge in [-0.05, 0) is 29.8 Å². The number of pyridine rings is 1. The van der Waals surface area contributed by atoms with E-state index in [2.05, 4.69) is 4.98 Å². The average Bonchev–Trinajstić information content (AvgIpc) is 2.46. The fourth-order valence-electron chi connectivity index (χ4n) is 1.52. The van der Waals surface area contributed by atoms with Gasteiger partial charge in [0.15, 0.2) is 5.78 Å². The number of ketones is 1. The van der Waals surface area contributed by atoms with E-state index in [1.165, 1.54) is 19.4 Å². The first-order valence-electron chi connectivity index (χ1n) is 5.67. The molecule has 0 N–H and O–H groups in total. The Hall–Kier alpha value is -2.13. The van der Waals surface area contributed by atoms with Crippen LogP contribution in [0.15, 0.2) is 48.7 Å². The van der Waals surface area contributed by atoms with Gasteiger partial charge in [0.25, 0.3) is 0 Å². The molecule has 0 aliphatic carbocycles. The van der Waals surface area contributed by atoms with Gasteiger partial charge >= 0.3 is 0 Å². The topological polar surface area (TPSA) is 39.2 Å². The van der Waals surface area contributed by atoms with Crippen LogP contribution in [0, 0.1) is 0 Å². The van der Waals surface area contributed by atoms with Gasteiger partial charge in [0.1, 0.15) is 0 Å². The van der Waals surface area contributed by atoms with Crippen molar-refractivity contribution in [2.45, 2.75) is 0 Å². The number of hydrogen-bond acceptors (Lipinski definition) is 3. The lowest BCUT2D eigenvalue weighted by atomic mass is 10.1. The highest BCUT2D eigenvalue weighted by Crippen LogP contribution is 2.17. The highest BCUT2D eigenvalue weighted by atomic mass is 35.5. The first-order chi connectivity index (χ1) is 9.20. The molecule has 0 bridgehead atoms. The maximum absolute atomic E-state index is 11.9. The van der Waals surface area contributed by atoms with Gasteiger partial charge in [-0.15, -0.1) is 0 Å². The number of ether oxygens (including phenoxy) is 1. The number of aromatic nitrogens is 1. The Morgan fingerprint density at radius 2 is 2.05 bits per heavy atom. The molecule has 1 aromatic heterocycles. The zero-order valence-corrected chi connectivity index (χ0v) is 11.1. The number of nitrogens with zero attached hydrogens (tertiary/aromatic N) is 1. The predicted octanol–water partition coefficient (Wildman–Crippen LogP) is 3.64. The summed E-state index contributed by atoms with van der Waals surface area (Å²) in [6.07, 6.45) is 4.65. The molecule has 0 aliphatic heterocycles. The summed E-state index contributed by atoms with van der Waals surface area (Å²) in [5.41, 5.74) is 1.31. The molecule has 0 amide bonds. The van der Waals surface area contributed by atoms with E-state index in [-0.39, 0.29) is 5.78 Å². The zero-order chi connectivity index (χ0) is 13.7. The van der Waals surface area contributed by atoms with E-state index in [9.17, 15) is 4.79 Å². The molecule has 0 unspecified atom stereocenters. The van der Waals surface area contributed by atoms with Crippen LogP contribution in [0.2, 0.25) is 5.02 Å². The van der Waals surface area contributed by atoms with E-state index in [1.54, 1.807) is 24.3 Å². The van der Waals surface area contributed by atoms with Crippen molar-refractivity contribution in [2.75, 3.05) is 7.11 Å². The summed E-state index contributed by atoms with van der Waals surface area (Å²) >= 11 is 6.00. The Labute approximate surface area is 116 Å². The van der Waals surface area contributed by atoms with Gasteiger partial charge in [0.2, 0.25) is 5.88 Å². The number of halogens is 1. The molecule has 0 radical (unpaired) electrons. The molecule has 0 aliphatic rings. The van der Waals surface area contributed by atoms with Gasteiger partial charge in [-0.2, -0.15) is 0 Å². The minimum Gasteiger partial charge on any atom is -0.481 e. The number of methoxy groups -OCH3 is 1. The summed E-state index contributed by atoms with van der Waals surface area (Å²) in [5, 5.41) is 0.611. The van der Waals surface area contributed by atoms with E-state index < -0.39 is 0 Å². The quantitative estimate of drug-likeness (QED) is 0.631. The number of benzene rings is 1. The van der Waals surface area contributed by atoms with Crippen molar-refractivity contribution in [3.05, 3.63) is 64.8 Å². The maximum Gasteiger partial charge on any atom is 0.212 e. The molecule has 1 aromatic carbocycles. The van der Waals surface area contributed by atoms with Crippen molar-refractivity contribution >= 4 is 23.5 Å². The van der Waals surface area contributed by atoms with Gasteiger partial charge in [0, 0.05) is 22.8 Å². The highest BCUT2D eigenvalue weighted by Gasteiger charge is 2.03. The molecule has 3 nitrogen and oxygen atoms in total. The van der Waals surface area contributed by atoms with Crippen LogP contribution in [0.3, 0.4) is 0 Å². The number of allylic oxidation sites excluding steroid dienone is 1. The minimum absolute atomic E-state index is 0.130.